The number of para-hydroxylation sites is 2. The topological polar surface area (TPSA) is 50.6 Å². The maximum atomic E-state index is 13.5. The first-order valence-corrected chi connectivity index (χ1v) is 15.5. The number of hydrogen-bond donors (Lipinski definition) is 0. The second-order valence-electron chi connectivity index (χ2n) is 11.2. The molecule has 3 aromatic carbocycles. The van der Waals surface area contributed by atoms with Crippen molar-refractivity contribution in [2.75, 3.05) is 44.2 Å². The number of anilines is 1. The molecule has 0 spiro atoms. The summed E-state index contributed by atoms with van der Waals surface area (Å²) in [5, 5.41) is 0. The number of imidazole rings is 1. The van der Waals surface area contributed by atoms with Crippen molar-refractivity contribution in [1.29, 1.82) is 0 Å². The Balaban J connectivity index is 1.11. The summed E-state index contributed by atoms with van der Waals surface area (Å²) in [5.41, 5.74) is 5.90. The number of ether oxygens (including phenoxy) is 1. The quantitative estimate of drug-likeness (QED) is 0.141. The van der Waals surface area contributed by atoms with Crippen LogP contribution in [0.3, 0.4) is 0 Å². The molecular formula is C35H43FN4O2. The van der Waals surface area contributed by atoms with Crippen molar-refractivity contribution in [1.82, 2.24) is 14.5 Å². The molecular weight excluding hydrogens is 527 g/mol. The van der Waals surface area contributed by atoms with Crippen molar-refractivity contribution in [3.63, 3.8) is 0 Å². The van der Waals surface area contributed by atoms with Gasteiger partial charge in [-0.2, -0.15) is 0 Å². The van der Waals surface area contributed by atoms with Crippen LogP contribution in [0.4, 0.5) is 10.3 Å². The number of halogens is 1. The van der Waals surface area contributed by atoms with Crippen LogP contribution in [0.15, 0.2) is 72.8 Å². The first kappa shape index (κ1) is 29.8. The van der Waals surface area contributed by atoms with Gasteiger partial charge >= 0.3 is 5.97 Å². The van der Waals surface area contributed by atoms with Crippen molar-refractivity contribution in [3.8, 4) is 0 Å². The number of carbonyl (C=O) groups excluding carboxylic acids is 1. The number of unbranched alkanes of at least 4 members (excludes halogenated alkanes) is 1. The first-order valence-electron chi connectivity index (χ1n) is 15.5. The van der Waals surface area contributed by atoms with Crippen LogP contribution < -0.4 is 4.90 Å². The molecule has 2 heterocycles. The van der Waals surface area contributed by atoms with Gasteiger partial charge in [-0.1, -0.05) is 48.5 Å². The minimum absolute atomic E-state index is 0.0912. The largest absolute Gasteiger partial charge is 0.466 e. The number of aromatic nitrogens is 2. The molecule has 1 aliphatic heterocycles. The predicted octanol–water partition coefficient (Wildman–Crippen LogP) is 6.64. The molecule has 42 heavy (non-hydrogen) atoms. The smallest absolute Gasteiger partial charge is 0.305 e. The molecule has 1 saturated heterocycles. The van der Waals surface area contributed by atoms with Crippen LogP contribution in [0.1, 0.15) is 55.7 Å². The molecule has 222 valence electrons. The van der Waals surface area contributed by atoms with Gasteiger partial charge in [0.05, 0.1) is 24.2 Å². The van der Waals surface area contributed by atoms with E-state index in [4.69, 9.17) is 9.72 Å². The van der Waals surface area contributed by atoms with Crippen LogP contribution in [0, 0.1) is 5.82 Å². The molecule has 7 heteroatoms. The summed E-state index contributed by atoms with van der Waals surface area (Å²) < 4.78 is 20.8. The van der Waals surface area contributed by atoms with Crippen molar-refractivity contribution >= 4 is 23.0 Å². The lowest BCUT2D eigenvalue weighted by molar-refractivity contribution is -0.143. The predicted molar refractivity (Wildman–Crippen MR) is 167 cm³/mol. The fourth-order valence-electron chi connectivity index (χ4n) is 5.84. The molecule has 5 rings (SSSR count). The Morgan fingerprint density at radius 1 is 0.833 bits per heavy atom. The molecule has 1 fully saturated rings. The van der Waals surface area contributed by atoms with E-state index in [9.17, 15) is 9.18 Å². The Morgan fingerprint density at radius 2 is 1.50 bits per heavy atom. The monoisotopic (exact) mass is 570 g/mol. The molecule has 4 aromatic rings. The lowest BCUT2D eigenvalue weighted by Crippen LogP contribution is -2.38. The summed E-state index contributed by atoms with van der Waals surface area (Å²) in [4.78, 5) is 21.6. The van der Waals surface area contributed by atoms with Crippen LogP contribution in [0.2, 0.25) is 0 Å². The lowest BCUT2D eigenvalue weighted by Gasteiger charge is -2.31. The van der Waals surface area contributed by atoms with Gasteiger partial charge in [-0.05, 0) is 99.5 Å². The Bertz CT molecular complexity index is 1410. The standard InChI is InChI=1S/C35H43FN4O2/c1-2-42-34(41)12-6-3-9-28-13-15-29(16-14-28)21-26-38-22-7-24-39(25-8-23-38)35-37-32-10-4-5-11-33(32)40(35)27-30-17-19-31(36)20-18-30/h4-5,10-11,13-20H,2-3,6-9,12,21-27H2,1H3. The summed E-state index contributed by atoms with van der Waals surface area (Å²) in [6, 6.07) is 24.1. The highest BCUT2D eigenvalue weighted by Crippen LogP contribution is 2.25. The number of hydrogen-bond acceptors (Lipinski definition) is 5. The molecule has 0 amide bonds. The molecule has 0 atom stereocenters. The zero-order chi connectivity index (χ0) is 29.1. The number of aryl methyl sites for hydroxylation is 1. The van der Waals surface area contributed by atoms with Crippen molar-refractivity contribution in [2.45, 2.75) is 58.4 Å². The number of rotatable bonds is 12. The van der Waals surface area contributed by atoms with Gasteiger partial charge in [0.1, 0.15) is 5.82 Å². The highest BCUT2D eigenvalue weighted by atomic mass is 19.1. The molecule has 0 saturated carbocycles. The molecule has 6 nitrogen and oxygen atoms in total. The zero-order valence-corrected chi connectivity index (χ0v) is 24.8. The lowest BCUT2D eigenvalue weighted by atomic mass is 10.0. The van der Waals surface area contributed by atoms with E-state index in [1.54, 1.807) is 0 Å². The summed E-state index contributed by atoms with van der Waals surface area (Å²) in [6.45, 7) is 8.13. The molecule has 1 aliphatic rings. The van der Waals surface area contributed by atoms with E-state index >= 15 is 0 Å². The average Bonchev–Trinajstić information content (AvgIpc) is 3.35. The summed E-state index contributed by atoms with van der Waals surface area (Å²) in [6.07, 6.45) is 6.62. The van der Waals surface area contributed by atoms with E-state index < -0.39 is 0 Å². The van der Waals surface area contributed by atoms with E-state index in [1.165, 1.54) is 23.3 Å². The Kier molecular flexibility index (Phi) is 10.6. The number of benzene rings is 3. The maximum absolute atomic E-state index is 13.5. The van der Waals surface area contributed by atoms with Crippen LogP contribution >= 0.6 is 0 Å². The normalized spacial score (nSPS) is 14.6. The fourth-order valence-corrected chi connectivity index (χ4v) is 5.84. The number of fused-ring (bicyclic) bond motifs is 1. The van der Waals surface area contributed by atoms with E-state index in [-0.39, 0.29) is 11.8 Å². The highest BCUT2D eigenvalue weighted by molar-refractivity contribution is 5.79. The molecule has 0 aliphatic carbocycles. The van der Waals surface area contributed by atoms with E-state index in [1.807, 2.05) is 25.1 Å². The SMILES string of the molecule is CCOC(=O)CCCCc1ccc(CCN2CCCN(c3nc4ccccc4n3Cc3ccc(F)cc3)CCC2)cc1. The van der Waals surface area contributed by atoms with Gasteiger partial charge in [-0.15, -0.1) is 0 Å². The van der Waals surface area contributed by atoms with Gasteiger partial charge in [0, 0.05) is 26.1 Å². The van der Waals surface area contributed by atoms with Gasteiger partial charge in [0.15, 0.2) is 0 Å². The summed E-state index contributed by atoms with van der Waals surface area (Å²) in [7, 11) is 0. The van der Waals surface area contributed by atoms with Gasteiger partial charge < -0.3 is 19.1 Å². The van der Waals surface area contributed by atoms with Crippen molar-refractivity contribution < 1.29 is 13.9 Å². The molecule has 0 bridgehead atoms. The maximum Gasteiger partial charge on any atom is 0.305 e. The van der Waals surface area contributed by atoms with Crippen LogP contribution in [0.25, 0.3) is 11.0 Å². The summed E-state index contributed by atoms with van der Waals surface area (Å²) in [5.74, 6) is 0.709. The minimum atomic E-state index is -0.209. The second-order valence-corrected chi connectivity index (χ2v) is 11.2. The molecule has 0 unspecified atom stereocenters. The van der Waals surface area contributed by atoms with E-state index in [2.05, 4.69) is 56.8 Å². The molecule has 0 N–H and O–H groups in total. The number of esters is 1. The Morgan fingerprint density at radius 3 is 2.21 bits per heavy atom. The van der Waals surface area contributed by atoms with Crippen LogP contribution in [0.5, 0.6) is 0 Å². The van der Waals surface area contributed by atoms with E-state index in [0.29, 0.717) is 19.6 Å². The molecule has 1 aromatic heterocycles. The third-order valence-electron chi connectivity index (χ3n) is 8.12. The van der Waals surface area contributed by atoms with Crippen molar-refractivity contribution in [3.05, 3.63) is 95.3 Å². The number of nitrogens with zero attached hydrogens (tertiary/aromatic N) is 4. The van der Waals surface area contributed by atoms with Gasteiger partial charge in [0.25, 0.3) is 0 Å². The third-order valence-corrected chi connectivity index (χ3v) is 8.12. The van der Waals surface area contributed by atoms with Gasteiger partial charge in [0.2, 0.25) is 5.95 Å². The molecule has 0 radical (unpaired) electrons. The minimum Gasteiger partial charge on any atom is -0.466 e. The second kappa shape index (κ2) is 15.0. The van der Waals surface area contributed by atoms with Crippen molar-refractivity contribution in [2.24, 2.45) is 0 Å². The van der Waals surface area contributed by atoms with Gasteiger partial charge in [-0.25, -0.2) is 9.37 Å². The Labute approximate surface area is 249 Å². The first-order chi connectivity index (χ1) is 20.6. The zero-order valence-electron chi connectivity index (χ0n) is 24.8. The van der Waals surface area contributed by atoms with Crippen LogP contribution in [-0.2, 0) is 28.9 Å². The van der Waals surface area contributed by atoms with Crippen LogP contribution in [-0.4, -0.2) is 59.8 Å². The third kappa shape index (κ3) is 8.19. The van der Waals surface area contributed by atoms with Gasteiger partial charge in [-0.3, -0.25) is 4.79 Å². The summed E-state index contributed by atoms with van der Waals surface area (Å²) >= 11 is 0. The highest BCUT2D eigenvalue weighted by Gasteiger charge is 2.20. The average molecular weight is 571 g/mol. The van der Waals surface area contributed by atoms with E-state index in [0.717, 1.165) is 93.8 Å². The Hall–Kier alpha value is -3.71. The fraction of sp³-hybridized carbons (Fsp3) is 0.429. The number of carbonyl (C=O) groups is 1.